The number of benzene rings is 2. The normalized spacial score (nSPS) is 13.5. The monoisotopic (exact) mass is 456 g/mol. The average molecular weight is 456 g/mol. The van der Waals surface area contributed by atoms with Gasteiger partial charge in [0.15, 0.2) is 0 Å². The summed E-state index contributed by atoms with van der Waals surface area (Å²) >= 11 is 0. The first-order chi connectivity index (χ1) is 15.7. The van der Waals surface area contributed by atoms with Gasteiger partial charge in [-0.2, -0.15) is 0 Å². The molecule has 1 unspecified atom stereocenters. The summed E-state index contributed by atoms with van der Waals surface area (Å²) in [6.07, 6.45) is -2.15. The second kappa shape index (κ2) is 10.5. The van der Waals surface area contributed by atoms with Crippen LogP contribution in [0.4, 0.5) is 4.79 Å². The number of rotatable bonds is 10. The standard InChI is InChI=1S/C24H28N2O7/c1-24(2,12-21(27)26-33-20(14-31-3)22(28)29)25-23(30)32-13-19-17-10-6-4-8-15(17)16-9-5-7-11-18(16)19/h4-11,19-20H,12-14H2,1-3H3,(H,25,30)(H,26,27)(H,28,29). The predicted octanol–water partition coefficient (Wildman–Crippen LogP) is 2.84. The van der Waals surface area contributed by atoms with Crippen LogP contribution in [-0.4, -0.2) is 55.0 Å². The van der Waals surface area contributed by atoms with Crippen molar-refractivity contribution in [2.45, 2.75) is 37.8 Å². The number of hydrogen-bond donors (Lipinski definition) is 3. The molecule has 176 valence electrons. The molecule has 0 aliphatic heterocycles. The number of alkyl carbamates (subject to hydrolysis) is 1. The molecule has 0 heterocycles. The molecular formula is C24H28N2O7. The molecule has 0 saturated carbocycles. The number of carboxylic acid groups (broad SMARTS) is 1. The van der Waals surface area contributed by atoms with Crippen LogP contribution in [-0.2, 0) is 23.9 Å². The molecule has 33 heavy (non-hydrogen) atoms. The van der Waals surface area contributed by atoms with Crippen LogP contribution in [0.3, 0.4) is 0 Å². The van der Waals surface area contributed by atoms with Crippen LogP contribution in [0.5, 0.6) is 0 Å². The Morgan fingerprint density at radius 1 is 1.03 bits per heavy atom. The second-order valence-electron chi connectivity index (χ2n) is 8.44. The third-order valence-electron chi connectivity index (χ3n) is 5.30. The number of amides is 2. The fraction of sp³-hybridized carbons (Fsp3) is 0.375. The van der Waals surface area contributed by atoms with E-state index in [1.807, 2.05) is 36.4 Å². The van der Waals surface area contributed by atoms with Gasteiger partial charge >= 0.3 is 12.1 Å². The highest BCUT2D eigenvalue weighted by molar-refractivity contribution is 5.80. The van der Waals surface area contributed by atoms with Gasteiger partial charge in [-0.3, -0.25) is 9.63 Å². The Morgan fingerprint density at radius 2 is 1.61 bits per heavy atom. The Morgan fingerprint density at radius 3 is 2.15 bits per heavy atom. The van der Waals surface area contributed by atoms with E-state index in [-0.39, 0.29) is 25.6 Å². The maximum atomic E-state index is 12.5. The zero-order chi connectivity index (χ0) is 24.0. The fourth-order valence-corrected chi connectivity index (χ4v) is 3.84. The zero-order valence-corrected chi connectivity index (χ0v) is 18.8. The average Bonchev–Trinajstić information content (AvgIpc) is 3.08. The van der Waals surface area contributed by atoms with Gasteiger partial charge in [0.1, 0.15) is 6.61 Å². The van der Waals surface area contributed by atoms with Gasteiger partial charge in [0, 0.05) is 18.6 Å². The smallest absolute Gasteiger partial charge is 0.407 e. The van der Waals surface area contributed by atoms with Crippen LogP contribution in [0, 0.1) is 0 Å². The third kappa shape index (κ3) is 6.09. The van der Waals surface area contributed by atoms with Gasteiger partial charge < -0.3 is 19.9 Å². The molecule has 0 fully saturated rings. The Hall–Kier alpha value is -3.43. The van der Waals surface area contributed by atoms with E-state index in [2.05, 4.69) is 22.9 Å². The molecule has 2 aromatic carbocycles. The molecular weight excluding hydrogens is 428 g/mol. The molecule has 9 nitrogen and oxygen atoms in total. The van der Waals surface area contributed by atoms with Crippen molar-refractivity contribution >= 4 is 18.0 Å². The van der Waals surface area contributed by atoms with Crippen molar-refractivity contribution in [3.8, 4) is 11.1 Å². The van der Waals surface area contributed by atoms with Gasteiger partial charge in [0.25, 0.3) is 0 Å². The van der Waals surface area contributed by atoms with Crippen molar-refractivity contribution in [1.29, 1.82) is 0 Å². The number of carbonyl (C=O) groups is 3. The Balaban J connectivity index is 1.53. The number of hydrogen-bond acceptors (Lipinski definition) is 6. The van der Waals surface area contributed by atoms with E-state index >= 15 is 0 Å². The molecule has 2 amide bonds. The minimum absolute atomic E-state index is 0.0725. The number of aliphatic carboxylic acids is 1. The molecule has 3 N–H and O–H groups in total. The SMILES string of the molecule is COCC(ONC(=O)CC(C)(C)NC(=O)OCC1c2ccccc2-c2ccccc21)C(=O)O. The summed E-state index contributed by atoms with van der Waals surface area (Å²) in [7, 11) is 1.32. The lowest BCUT2D eigenvalue weighted by atomic mass is 9.98. The van der Waals surface area contributed by atoms with Gasteiger partial charge in [-0.25, -0.2) is 15.1 Å². The molecule has 0 spiro atoms. The maximum Gasteiger partial charge on any atom is 0.407 e. The van der Waals surface area contributed by atoms with Crippen molar-refractivity contribution in [2.75, 3.05) is 20.3 Å². The Bertz CT molecular complexity index is 976. The molecule has 3 rings (SSSR count). The third-order valence-corrected chi connectivity index (χ3v) is 5.30. The number of carbonyl (C=O) groups excluding carboxylic acids is 2. The van der Waals surface area contributed by atoms with Crippen LogP contribution in [0.1, 0.15) is 37.3 Å². The molecule has 2 aromatic rings. The van der Waals surface area contributed by atoms with Gasteiger partial charge in [-0.05, 0) is 36.1 Å². The number of hydroxylamine groups is 1. The van der Waals surface area contributed by atoms with E-state index in [1.165, 1.54) is 7.11 Å². The first kappa shape index (κ1) is 24.2. The molecule has 1 aliphatic carbocycles. The summed E-state index contributed by atoms with van der Waals surface area (Å²) in [5, 5.41) is 11.7. The second-order valence-corrected chi connectivity index (χ2v) is 8.44. The van der Waals surface area contributed by atoms with Gasteiger partial charge in [0.05, 0.1) is 13.0 Å². The van der Waals surface area contributed by atoms with Crippen LogP contribution >= 0.6 is 0 Å². The molecule has 0 radical (unpaired) electrons. The number of methoxy groups -OCH3 is 1. The summed E-state index contributed by atoms with van der Waals surface area (Å²) in [6.45, 7) is 3.23. The van der Waals surface area contributed by atoms with Gasteiger partial charge in [-0.1, -0.05) is 48.5 Å². The highest BCUT2D eigenvalue weighted by Crippen LogP contribution is 2.44. The van der Waals surface area contributed by atoms with Gasteiger partial charge in [0.2, 0.25) is 12.0 Å². The van der Waals surface area contributed by atoms with Crippen molar-refractivity contribution in [2.24, 2.45) is 0 Å². The van der Waals surface area contributed by atoms with Gasteiger partial charge in [-0.15, -0.1) is 0 Å². The molecule has 0 saturated heterocycles. The minimum atomic E-state index is -1.34. The number of carboxylic acids is 1. The largest absolute Gasteiger partial charge is 0.479 e. The van der Waals surface area contributed by atoms with E-state index in [0.717, 1.165) is 22.3 Å². The van der Waals surface area contributed by atoms with Crippen LogP contribution in [0.25, 0.3) is 11.1 Å². The summed E-state index contributed by atoms with van der Waals surface area (Å²) in [4.78, 5) is 40.5. The summed E-state index contributed by atoms with van der Waals surface area (Å²) in [6, 6.07) is 16.1. The molecule has 1 aliphatic rings. The highest BCUT2D eigenvalue weighted by Gasteiger charge is 2.31. The van der Waals surface area contributed by atoms with Crippen molar-refractivity contribution in [3.05, 3.63) is 59.7 Å². The fourth-order valence-electron chi connectivity index (χ4n) is 3.84. The van der Waals surface area contributed by atoms with E-state index in [0.29, 0.717) is 0 Å². The van der Waals surface area contributed by atoms with Crippen LogP contribution in [0.2, 0.25) is 0 Å². The summed E-state index contributed by atoms with van der Waals surface area (Å²) in [5.74, 6) is -1.94. The highest BCUT2D eigenvalue weighted by atomic mass is 16.7. The van der Waals surface area contributed by atoms with E-state index in [4.69, 9.17) is 19.4 Å². The van der Waals surface area contributed by atoms with E-state index in [9.17, 15) is 14.4 Å². The van der Waals surface area contributed by atoms with Crippen molar-refractivity contribution in [3.63, 3.8) is 0 Å². The lowest BCUT2D eigenvalue weighted by Crippen LogP contribution is -2.48. The van der Waals surface area contributed by atoms with Crippen molar-refractivity contribution in [1.82, 2.24) is 10.8 Å². The number of nitrogens with one attached hydrogen (secondary N) is 2. The predicted molar refractivity (Wildman–Crippen MR) is 119 cm³/mol. The first-order valence-corrected chi connectivity index (χ1v) is 10.5. The number of fused-ring (bicyclic) bond motifs is 3. The molecule has 0 bridgehead atoms. The minimum Gasteiger partial charge on any atom is -0.479 e. The first-order valence-electron chi connectivity index (χ1n) is 10.5. The van der Waals surface area contributed by atoms with E-state index < -0.39 is 29.6 Å². The van der Waals surface area contributed by atoms with Crippen LogP contribution in [0.15, 0.2) is 48.5 Å². The summed E-state index contributed by atoms with van der Waals surface area (Å²) in [5.41, 5.74) is 5.59. The molecule has 1 atom stereocenters. The molecule has 9 heteroatoms. The Labute approximate surface area is 192 Å². The van der Waals surface area contributed by atoms with Crippen molar-refractivity contribution < 1.29 is 33.8 Å². The number of ether oxygens (including phenoxy) is 2. The lowest BCUT2D eigenvalue weighted by molar-refractivity contribution is -0.165. The Kier molecular flexibility index (Phi) is 7.67. The quantitative estimate of drug-likeness (QED) is 0.470. The zero-order valence-electron chi connectivity index (χ0n) is 18.8. The lowest BCUT2D eigenvalue weighted by Gasteiger charge is -2.26. The maximum absolute atomic E-state index is 12.5. The van der Waals surface area contributed by atoms with E-state index in [1.54, 1.807) is 13.8 Å². The topological polar surface area (TPSA) is 123 Å². The molecule has 0 aromatic heterocycles. The van der Waals surface area contributed by atoms with Crippen LogP contribution < -0.4 is 10.8 Å². The summed E-state index contributed by atoms with van der Waals surface area (Å²) < 4.78 is 10.2.